The molecule has 2 aliphatic heterocycles. The lowest BCUT2D eigenvalue weighted by atomic mass is 10.1. The van der Waals surface area contributed by atoms with Crippen LogP contribution in [0.3, 0.4) is 0 Å². The lowest BCUT2D eigenvalue weighted by Crippen LogP contribution is -2.40. The summed E-state index contributed by atoms with van der Waals surface area (Å²) in [6.45, 7) is 12.3. The van der Waals surface area contributed by atoms with Crippen LogP contribution in [0, 0.1) is 0 Å². The van der Waals surface area contributed by atoms with Crippen molar-refractivity contribution in [2.75, 3.05) is 58.9 Å². The molecule has 162 valence electrons. The summed E-state index contributed by atoms with van der Waals surface area (Å²) in [5, 5.41) is 0. The molecule has 0 atom stereocenters. The SMILES string of the molecule is CCN(CCN1CCCCC1)C(=O)c1ccc(CN2CCCN(C(C)=O)CC2)o1. The molecule has 0 bridgehead atoms. The number of hydrogen-bond acceptors (Lipinski definition) is 5. The molecule has 7 nitrogen and oxygen atoms in total. The zero-order valence-electron chi connectivity index (χ0n) is 18.1. The zero-order chi connectivity index (χ0) is 20.6. The largest absolute Gasteiger partial charge is 0.455 e. The van der Waals surface area contributed by atoms with Crippen molar-refractivity contribution < 1.29 is 14.0 Å². The molecule has 0 radical (unpaired) electrons. The van der Waals surface area contributed by atoms with E-state index in [4.69, 9.17) is 4.42 Å². The van der Waals surface area contributed by atoms with Crippen LogP contribution in [0.15, 0.2) is 16.5 Å². The minimum Gasteiger partial charge on any atom is -0.455 e. The maximum Gasteiger partial charge on any atom is 0.289 e. The first-order valence-electron chi connectivity index (χ1n) is 11.1. The smallest absolute Gasteiger partial charge is 0.289 e. The number of carbonyl (C=O) groups excluding carboxylic acids is 2. The first-order valence-corrected chi connectivity index (χ1v) is 11.1. The van der Waals surface area contributed by atoms with E-state index in [-0.39, 0.29) is 11.8 Å². The van der Waals surface area contributed by atoms with Crippen molar-refractivity contribution in [2.24, 2.45) is 0 Å². The molecule has 2 saturated heterocycles. The predicted molar refractivity (Wildman–Crippen MR) is 113 cm³/mol. The molecule has 7 heteroatoms. The molecule has 2 amide bonds. The summed E-state index contributed by atoms with van der Waals surface area (Å²) < 4.78 is 5.91. The number of amides is 2. The third-order valence-corrected chi connectivity index (χ3v) is 6.09. The minimum absolute atomic E-state index is 0.0191. The molecule has 0 spiro atoms. The van der Waals surface area contributed by atoms with E-state index in [9.17, 15) is 9.59 Å². The second kappa shape index (κ2) is 10.8. The Morgan fingerprint density at radius 1 is 0.966 bits per heavy atom. The topological polar surface area (TPSA) is 60.2 Å². The normalized spacial score (nSPS) is 19.2. The van der Waals surface area contributed by atoms with Crippen molar-refractivity contribution >= 4 is 11.8 Å². The summed E-state index contributed by atoms with van der Waals surface area (Å²) in [4.78, 5) is 33.0. The van der Waals surface area contributed by atoms with E-state index in [0.717, 1.165) is 64.5 Å². The molecule has 1 aromatic rings. The van der Waals surface area contributed by atoms with Gasteiger partial charge >= 0.3 is 0 Å². The Morgan fingerprint density at radius 3 is 2.45 bits per heavy atom. The Morgan fingerprint density at radius 2 is 1.72 bits per heavy atom. The van der Waals surface area contributed by atoms with Crippen molar-refractivity contribution in [3.05, 3.63) is 23.7 Å². The molecular weight excluding hydrogens is 368 g/mol. The van der Waals surface area contributed by atoms with Crippen molar-refractivity contribution in [3.63, 3.8) is 0 Å². The van der Waals surface area contributed by atoms with E-state index in [1.807, 2.05) is 22.8 Å². The summed E-state index contributed by atoms with van der Waals surface area (Å²) in [6, 6.07) is 3.72. The fraction of sp³-hybridized carbons (Fsp3) is 0.727. The van der Waals surface area contributed by atoms with Gasteiger partial charge in [-0.1, -0.05) is 6.42 Å². The third kappa shape index (κ3) is 6.31. The molecule has 0 aromatic carbocycles. The number of likely N-dealkylation sites (tertiary alicyclic amines) is 1. The highest BCUT2D eigenvalue weighted by Gasteiger charge is 2.21. The van der Waals surface area contributed by atoms with E-state index in [1.165, 1.54) is 19.3 Å². The van der Waals surface area contributed by atoms with E-state index >= 15 is 0 Å². The van der Waals surface area contributed by atoms with Gasteiger partial charge in [0, 0.05) is 52.7 Å². The molecule has 29 heavy (non-hydrogen) atoms. The average molecular weight is 405 g/mol. The van der Waals surface area contributed by atoms with Crippen molar-refractivity contribution in [1.82, 2.24) is 19.6 Å². The number of nitrogens with zero attached hydrogens (tertiary/aromatic N) is 4. The van der Waals surface area contributed by atoms with Gasteiger partial charge in [-0.3, -0.25) is 14.5 Å². The maximum atomic E-state index is 12.9. The number of rotatable bonds is 7. The van der Waals surface area contributed by atoms with Gasteiger partial charge in [0.05, 0.1) is 6.54 Å². The second-order valence-corrected chi connectivity index (χ2v) is 8.19. The summed E-state index contributed by atoms with van der Waals surface area (Å²) >= 11 is 0. The summed E-state index contributed by atoms with van der Waals surface area (Å²) in [7, 11) is 0. The Hall–Kier alpha value is -1.86. The summed E-state index contributed by atoms with van der Waals surface area (Å²) in [6.07, 6.45) is 4.82. The number of likely N-dealkylation sites (N-methyl/N-ethyl adjacent to an activating group) is 1. The first kappa shape index (κ1) is 21.8. The fourth-order valence-corrected chi connectivity index (χ4v) is 4.25. The van der Waals surface area contributed by atoms with Gasteiger partial charge in [-0.15, -0.1) is 0 Å². The van der Waals surface area contributed by atoms with E-state index in [0.29, 0.717) is 18.8 Å². The van der Waals surface area contributed by atoms with Crippen LogP contribution < -0.4 is 0 Å². The van der Waals surface area contributed by atoms with Crippen LogP contribution in [-0.4, -0.2) is 90.3 Å². The number of furan rings is 1. The van der Waals surface area contributed by atoms with Crippen LogP contribution in [0.2, 0.25) is 0 Å². The van der Waals surface area contributed by atoms with E-state index in [2.05, 4.69) is 9.80 Å². The van der Waals surface area contributed by atoms with Crippen LogP contribution in [0.25, 0.3) is 0 Å². The summed E-state index contributed by atoms with van der Waals surface area (Å²) in [5.74, 6) is 1.37. The molecule has 0 N–H and O–H groups in total. The highest BCUT2D eigenvalue weighted by atomic mass is 16.4. The Labute approximate surface area is 174 Å². The lowest BCUT2D eigenvalue weighted by Gasteiger charge is -2.29. The number of hydrogen-bond donors (Lipinski definition) is 0. The molecule has 2 aliphatic rings. The third-order valence-electron chi connectivity index (χ3n) is 6.09. The Bertz CT molecular complexity index is 669. The van der Waals surface area contributed by atoms with Crippen molar-refractivity contribution in [3.8, 4) is 0 Å². The zero-order valence-corrected chi connectivity index (χ0v) is 18.1. The van der Waals surface area contributed by atoms with Gasteiger partial charge in [-0.05, 0) is 51.4 Å². The number of piperidine rings is 1. The molecular formula is C22H36N4O3. The molecule has 3 rings (SSSR count). The van der Waals surface area contributed by atoms with Gasteiger partial charge < -0.3 is 19.1 Å². The highest BCUT2D eigenvalue weighted by molar-refractivity contribution is 5.91. The molecule has 3 heterocycles. The average Bonchev–Trinajstić information content (AvgIpc) is 3.06. The van der Waals surface area contributed by atoms with Gasteiger partial charge in [0.1, 0.15) is 5.76 Å². The van der Waals surface area contributed by atoms with Gasteiger partial charge in [0.15, 0.2) is 5.76 Å². The Balaban J connectivity index is 1.51. The Kier molecular flexibility index (Phi) is 8.12. The standard InChI is InChI=1S/C22H36N4O3/c1-3-25(16-14-23-10-5-4-6-11-23)22(28)21-9-8-20(29-21)18-24-12-7-13-26(17-15-24)19(2)27/h8-9H,3-7,10-18H2,1-2H3. The molecule has 0 unspecified atom stereocenters. The molecule has 2 fully saturated rings. The monoisotopic (exact) mass is 404 g/mol. The molecule has 0 aliphatic carbocycles. The lowest BCUT2D eigenvalue weighted by molar-refractivity contribution is -0.128. The van der Waals surface area contributed by atoms with Crippen LogP contribution >= 0.6 is 0 Å². The van der Waals surface area contributed by atoms with Crippen LogP contribution in [0.1, 0.15) is 55.8 Å². The van der Waals surface area contributed by atoms with Crippen LogP contribution in [0.4, 0.5) is 0 Å². The first-order chi connectivity index (χ1) is 14.1. The summed E-state index contributed by atoms with van der Waals surface area (Å²) in [5.41, 5.74) is 0. The van der Waals surface area contributed by atoms with Gasteiger partial charge in [-0.25, -0.2) is 0 Å². The van der Waals surface area contributed by atoms with E-state index < -0.39 is 0 Å². The predicted octanol–water partition coefficient (Wildman–Crippen LogP) is 2.28. The van der Waals surface area contributed by atoms with Gasteiger partial charge in [0.2, 0.25) is 5.91 Å². The van der Waals surface area contributed by atoms with Crippen molar-refractivity contribution in [2.45, 2.75) is 46.1 Å². The van der Waals surface area contributed by atoms with Crippen molar-refractivity contribution in [1.29, 1.82) is 0 Å². The second-order valence-electron chi connectivity index (χ2n) is 8.19. The molecule has 0 saturated carbocycles. The quantitative estimate of drug-likeness (QED) is 0.698. The highest BCUT2D eigenvalue weighted by Crippen LogP contribution is 2.15. The van der Waals surface area contributed by atoms with E-state index in [1.54, 1.807) is 13.0 Å². The fourth-order valence-electron chi connectivity index (χ4n) is 4.25. The maximum absolute atomic E-state index is 12.9. The van der Waals surface area contributed by atoms with Gasteiger partial charge in [-0.2, -0.15) is 0 Å². The van der Waals surface area contributed by atoms with Crippen LogP contribution in [-0.2, 0) is 11.3 Å². The van der Waals surface area contributed by atoms with Crippen LogP contribution in [0.5, 0.6) is 0 Å². The van der Waals surface area contributed by atoms with Gasteiger partial charge in [0.25, 0.3) is 5.91 Å². The molecule has 1 aromatic heterocycles. The number of carbonyl (C=O) groups is 2. The minimum atomic E-state index is -0.0191.